The van der Waals surface area contributed by atoms with Gasteiger partial charge in [-0.2, -0.15) is 0 Å². The molecule has 0 spiro atoms. The highest BCUT2D eigenvalue weighted by molar-refractivity contribution is 5.96. The maximum Gasteiger partial charge on any atom is 0.305 e. The zero-order chi connectivity index (χ0) is 33.7. The predicted molar refractivity (Wildman–Crippen MR) is 174 cm³/mol. The lowest BCUT2D eigenvalue weighted by molar-refractivity contribution is -0.137. The van der Waals surface area contributed by atoms with Crippen molar-refractivity contribution < 1.29 is 28.3 Å². The summed E-state index contributed by atoms with van der Waals surface area (Å²) >= 11 is 0. The summed E-state index contributed by atoms with van der Waals surface area (Å²) in [6, 6.07) is 8.79. The Hall–Kier alpha value is -4.38. The molecule has 2 aromatic carbocycles. The highest BCUT2D eigenvalue weighted by atomic mass is 19.1. The van der Waals surface area contributed by atoms with Crippen LogP contribution in [0.5, 0.6) is 0 Å². The fourth-order valence-corrected chi connectivity index (χ4v) is 5.94. The van der Waals surface area contributed by atoms with E-state index in [0.717, 1.165) is 26.2 Å². The molecule has 1 aliphatic rings. The number of pyridine rings is 1. The Morgan fingerprint density at radius 2 is 1.59 bits per heavy atom. The van der Waals surface area contributed by atoms with Crippen molar-refractivity contribution in [3.8, 4) is 11.1 Å². The molecule has 46 heavy (non-hydrogen) atoms. The van der Waals surface area contributed by atoms with Gasteiger partial charge < -0.3 is 25.5 Å². The number of carboxylic acid groups (broad SMARTS) is 1. The molecule has 1 aromatic heterocycles. The van der Waals surface area contributed by atoms with Crippen LogP contribution in [0.15, 0.2) is 42.5 Å². The highest BCUT2D eigenvalue weighted by Crippen LogP contribution is 2.34. The minimum Gasteiger partial charge on any atom is -0.481 e. The largest absolute Gasteiger partial charge is 0.481 e. The lowest BCUT2D eigenvalue weighted by atomic mass is 9.90. The summed E-state index contributed by atoms with van der Waals surface area (Å²) in [6.45, 7) is 12.1. The summed E-state index contributed by atoms with van der Waals surface area (Å²) in [5.41, 5.74) is 2.94. The lowest BCUT2D eigenvalue weighted by Crippen LogP contribution is -2.49. The van der Waals surface area contributed by atoms with E-state index in [2.05, 4.69) is 32.5 Å². The Morgan fingerprint density at radius 1 is 0.935 bits per heavy atom. The molecule has 0 aliphatic carbocycles. The van der Waals surface area contributed by atoms with Gasteiger partial charge in [-0.15, -0.1) is 0 Å². The molecule has 9 nitrogen and oxygen atoms in total. The maximum absolute atomic E-state index is 15.7. The molecule has 0 saturated carbocycles. The first-order chi connectivity index (χ1) is 21.7. The third-order valence-corrected chi connectivity index (χ3v) is 8.26. The van der Waals surface area contributed by atoms with Gasteiger partial charge in [-0.05, 0) is 104 Å². The van der Waals surface area contributed by atoms with E-state index in [1.165, 1.54) is 18.2 Å². The van der Waals surface area contributed by atoms with E-state index in [1.807, 2.05) is 19.9 Å². The number of aryl methyl sites for hydroxylation is 3. The van der Waals surface area contributed by atoms with Crippen LogP contribution in [0, 0.1) is 38.3 Å². The highest BCUT2D eigenvalue weighted by Gasteiger charge is 2.29. The number of benzene rings is 2. The van der Waals surface area contributed by atoms with Crippen LogP contribution in [-0.4, -0.2) is 72.0 Å². The number of hydrogen-bond donors (Lipinski definition) is 3. The molecule has 0 bridgehead atoms. The molecule has 3 N–H and O–H groups in total. The average molecular weight is 636 g/mol. The van der Waals surface area contributed by atoms with E-state index in [1.54, 1.807) is 39.0 Å². The smallest absolute Gasteiger partial charge is 0.305 e. The van der Waals surface area contributed by atoms with Crippen LogP contribution in [0.4, 0.5) is 14.6 Å². The van der Waals surface area contributed by atoms with Crippen LogP contribution < -0.4 is 15.5 Å². The van der Waals surface area contributed by atoms with E-state index >= 15 is 4.39 Å². The van der Waals surface area contributed by atoms with Gasteiger partial charge in [0.25, 0.3) is 5.91 Å². The van der Waals surface area contributed by atoms with E-state index in [0.29, 0.717) is 28.1 Å². The summed E-state index contributed by atoms with van der Waals surface area (Å²) in [4.78, 5) is 47.9. The Morgan fingerprint density at radius 3 is 2.20 bits per heavy atom. The van der Waals surface area contributed by atoms with Crippen LogP contribution >= 0.6 is 0 Å². The van der Waals surface area contributed by atoms with E-state index < -0.39 is 47.9 Å². The summed E-state index contributed by atoms with van der Waals surface area (Å²) in [7, 11) is 2.05. The topological polar surface area (TPSA) is 115 Å². The van der Waals surface area contributed by atoms with E-state index in [-0.39, 0.29) is 29.2 Å². The molecule has 0 radical (unpaired) electrons. The van der Waals surface area contributed by atoms with Crippen molar-refractivity contribution in [3.63, 3.8) is 0 Å². The first-order valence-corrected chi connectivity index (χ1v) is 15.5. The quantitative estimate of drug-likeness (QED) is 0.266. The Bertz CT molecular complexity index is 1580. The second kappa shape index (κ2) is 14.8. The van der Waals surface area contributed by atoms with Crippen LogP contribution in [0.25, 0.3) is 11.1 Å². The number of amides is 2. The molecular weight excluding hydrogens is 592 g/mol. The monoisotopic (exact) mass is 635 g/mol. The van der Waals surface area contributed by atoms with Gasteiger partial charge in [-0.1, -0.05) is 19.9 Å². The summed E-state index contributed by atoms with van der Waals surface area (Å²) in [5, 5.41) is 15.2. The van der Waals surface area contributed by atoms with Crippen molar-refractivity contribution in [1.29, 1.82) is 0 Å². The number of piperazine rings is 1. The number of anilines is 1. The number of carbonyl (C=O) groups excluding carboxylic acids is 2. The minimum atomic E-state index is -1.24. The van der Waals surface area contributed by atoms with Crippen LogP contribution in [-0.2, 0) is 9.59 Å². The molecule has 2 amide bonds. The minimum absolute atomic E-state index is 0.00894. The Balaban J connectivity index is 1.61. The number of aromatic nitrogens is 1. The molecule has 0 unspecified atom stereocenters. The average Bonchev–Trinajstić information content (AvgIpc) is 2.97. The lowest BCUT2D eigenvalue weighted by Gasteiger charge is -2.33. The normalized spacial score (nSPS) is 15.0. The van der Waals surface area contributed by atoms with Crippen molar-refractivity contribution in [1.82, 2.24) is 20.5 Å². The number of carbonyl (C=O) groups is 3. The second-order valence-corrected chi connectivity index (χ2v) is 12.6. The zero-order valence-corrected chi connectivity index (χ0v) is 27.3. The number of nitrogens with one attached hydrogen (secondary N) is 2. The van der Waals surface area contributed by atoms with Gasteiger partial charge in [0.1, 0.15) is 29.2 Å². The van der Waals surface area contributed by atoms with Gasteiger partial charge in [0.15, 0.2) is 0 Å². The molecular formula is C35H43F2N5O4. The van der Waals surface area contributed by atoms with Crippen LogP contribution in [0.3, 0.4) is 0 Å². The van der Waals surface area contributed by atoms with Gasteiger partial charge in [-0.3, -0.25) is 14.4 Å². The Labute approximate surface area is 269 Å². The fraction of sp³-hybridized carbons (Fsp3) is 0.429. The van der Waals surface area contributed by atoms with Gasteiger partial charge in [0, 0.05) is 31.7 Å². The fourth-order valence-electron chi connectivity index (χ4n) is 5.94. The van der Waals surface area contributed by atoms with E-state index in [9.17, 15) is 23.9 Å². The molecule has 1 fully saturated rings. The third-order valence-electron chi connectivity index (χ3n) is 8.26. The number of hydrogen-bond acceptors (Lipinski definition) is 6. The molecule has 11 heteroatoms. The molecule has 2 heterocycles. The molecule has 2 atom stereocenters. The van der Waals surface area contributed by atoms with Gasteiger partial charge >= 0.3 is 5.97 Å². The first-order valence-electron chi connectivity index (χ1n) is 15.5. The number of likely N-dealkylation sites (N-methyl/N-ethyl adjacent to an activating group) is 1. The standard InChI is InChI=1S/C35H43F2N5O4/c1-20(2)14-29(40-34(45)27-8-7-9-30(38-27)42-12-10-41(6)11-13-42)35(46)39-28(19-31(43)44)26-18-24(15-23(5)33(26)37)32-21(3)16-25(36)17-22(32)4/h7-9,15-18,20,28-29H,10-14,19H2,1-6H3,(H,39,46)(H,40,45)(H,43,44)/t28-,29-/m0/s1. The maximum atomic E-state index is 15.7. The van der Waals surface area contributed by atoms with Crippen LogP contribution in [0.2, 0.25) is 0 Å². The number of nitrogens with zero attached hydrogens (tertiary/aromatic N) is 3. The predicted octanol–water partition coefficient (Wildman–Crippen LogP) is 5.18. The Kier molecular flexibility index (Phi) is 11.1. The number of halogens is 2. The van der Waals surface area contributed by atoms with Crippen molar-refractivity contribution in [2.24, 2.45) is 5.92 Å². The summed E-state index contributed by atoms with van der Waals surface area (Å²) in [6.07, 6.45) is -0.338. The van der Waals surface area contributed by atoms with Crippen molar-refractivity contribution in [2.75, 3.05) is 38.1 Å². The zero-order valence-electron chi connectivity index (χ0n) is 27.3. The first kappa shape index (κ1) is 34.5. The summed E-state index contributed by atoms with van der Waals surface area (Å²) in [5.74, 6) is -2.81. The SMILES string of the molecule is Cc1cc(-c2c(C)cc(F)cc2C)cc([C@H](CC(=O)O)NC(=O)[C@H](CC(C)C)NC(=O)c2cccc(N3CCN(C)CC3)n2)c1F. The third kappa shape index (κ3) is 8.45. The van der Waals surface area contributed by atoms with Crippen LogP contribution in [0.1, 0.15) is 65.5 Å². The van der Waals surface area contributed by atoms with Gasteiger partial charge in [-0.25, -0.2) is 13.8 Å². The van der Waals surface area contributed by atoms with Gasteiger partial charge in [0.05, 0.1) is 12.5 Å². The second-order valence-electron chi connectivity index (χ2n) is 12.6. The number of carboxylic acids is 1. The van der Waals surface area contributed by atoms with Crippen molar-refractivity contribution in [3.05, 3.63) is 82.0 Å². The summed E-state index contributed by atoms with van der Waals surface area (Å²) < 4.78 is 29.7. The van der Waals surface area contributed by atoms with E-state index in [4.69, 9.17) is 0 Å². The molecule has 4 rings (SSSR count). The number of rotatable bonds is 11. The molecule has 1 saturated heterocycles. The van der Waals surface area contributed by atoms with Crippen molar-refractivity contribution in [2.45, 2.75) is 59.5 Å². The molecule has 3 aromatic rings. The number of aliphatic carboxylic acids is 1. The molecule has 246 valence electrons. The van der Waals surface area contributed by atoms with Crippen molar-refractivity contribution >= 4 is 23.6 Å². The van der Waals surface area contributed by atoms with Gasteiger partial charge in [0.2, 0.25) is 5.91 Å². The molecule has 1 aliphatic heterocycles.